The second-order valence-corrected chi connectivity index (χ2v) is 3.75. The number of nitrogens with one attached hydrogen (secondary N) is 1. The topological polar surface area (TPSA) is 78.8 Å². The summed E-state index contributed by atoms with van der Waals surface area (Å²) in [4.78, 5) is 0. The molecular formula is C6H13NO4S. The summed E-state index contributed by atoms with van der Waals surface area (Å²) in [6, 6.07) is 0. The minimum Gasteiger partial charge on any atom is -0.389 e. The molecule has 0 aromatic heterocycles. The summed E-state index contributed by atoms with van der Waals surface area (Å²) in [6.45, 7) is 0.759. The maximum Gasteiger partial charge on any atom is 0.152 e. The number of hydrogen-bond donors (Lipinski definition) is 3. The van der Waals surface area contributed by atoms with Crippen molar-refractivity contribution in [2.75, 3.05) is 19.3 Å². The predicted molar refractivity (Wildman–Crippen MR) is 43.8 cm³/mol. The standard InChI is InChI=1S/C6H13NO4S/c1-12(10)11-5-3-7-2-4(8)6(5)9/h4-9H,2-3H2,1H3/t4-,5+,6-,12?/m0/s1. The van der Waals surface area contributed by atoms with Crippen LogP contribution in [0.2, 0.25) is 0 Å². The molecule has 1 saturated heterocycles. The Morgan fingerprint density at radius 3 is 2.75 bits per heavy atom. The van der Waals surface area contributed by atoms with Crippen LogP contribution in [-0.2, 0) is 15.3 Å². The quantitative estimate of drug-likeness (QED) is 0.474. The van der Waals surface area contributed by atoms with Gasteiger partial charge in [0.2, 0.25) is 0 Å². The van der Waals surface area contributed by atoms with Gasteiger partial charge in [0, 0.05) is 19.3 Å². The molecular weight excluding hydrogens is 182 g/mol. The minimum absolute atomic E-state index is 0.345. The molecule has 3 N–H and O–H groups in total. The molecule has 0 aromatic rings. The Kier molecular flexibility index (Phi) is 3.60. The molecule has 1 rings (SSSR count). The van der Waals surface area contributed by atoms with Crippen molar-refractivity contribution in [2.24, 2.45) is 0 Å². The lowest BCUT2D eigenvalue weighted by molar-refractivity contribution is -0.0612. The van der Waals surface area contributed by atoms with Crippen LogP contribution in [0.1, 0.15) is 0 Å². The number of aliphatic hydroxyl groups is 2. The second-order valence-electron chi connectivity index (χ2n) is 2.75. The molecule has 0 saturated carbocycles. The smallest absolute Gasteiger partial charge is 0.152 e. The van der Waals surface area contributed by atoms with E-state index in [-0.39, 0.29) is 0 Å². The summed E-state index contributed by atoms with van der Waals surface area (Å²) >= 11 is -1.41. The van der Waals surface area contributed by atoms with Crippen LogP contribution in [-0.4, -0.2) is 52.1 Å². The van der Waals surface area contributed by atoms with Crippen LogP contribution in [0.4, 0.5) is 0 Å². The van der Waals surface area contributed by atoms with Crippen LogP contribution in [0.5, 0.6) is 0 Å². The molecule has 12 heavy (non-hydrogen) atoms. The summed E-state index contributed by atoms with van der Waals surface area (Å²) in [5.41, 5.74) is 0. The van der Waals surface area contributed by atoms with Gasteiger partial charge in [-0.15, -0.1) is 0 Å². The van der Waals surface area contributed by atoms with Gasteiger partial charge in [-0.2, -0.15) is 0 Å². The van der Waals surface area contributed by atoms with E-state index in [2.05, 4.69) is 5.32 Å². The number of piperidine rings is 1. The first-order valence-electron chi connectivity index (χ1n) is 3.68. The highest BCUT2D eigenvalue weighted by Crippen LogP contribution is 2.08. The highest BCUT2D eigenvalue weighted by Gasteiger charge is 2.31. The molecule has 0 radical (unpaired) electrons. The van der Waals surface area contributed by atoms with Crippen LogP contribution >= 0.6 is 0 Å². The average Bonchev–Trinajstić information content (AvgIpc) is 1.98. The van der Waals surface area contributed by atoms with E-state index in [9.17, 15) is 9.32 Å². The Bertz CT molecular complexity index is 177. The van der Waals surface area contributed by atoms with Crippen molar-refractivity contribution in [2.45, 2.75) is 18.3 Å². The van der Waals surface area contributed by atoms with Crippen LogP contribution in [0.15, 0.2) is 0 Å². The number of rotatable bonds is 2. The molecule has 0 bridgehead atoms. The monoisotopic (exact) mass is 195 g/mol. The van der Waals surface area contributed by atoms with Crippen molar-refractivity contribution in [3.05, 3.63) is 0 Å². The number of β-amino-alcohol motifs (C(OH)–C–C–N with tert-alkyl or cyclic N) is 1. The molecule has 5 nitrogen and oxygen atoms in total. The lowest BCUT2D eigenvalue weighted by Gasteiger charge is -2.31. The van der Waals surface area contributed by atoms with Gasteiger partial charge in [-0.05, 0) is 0 Å². The van der Waals surface area contributed by atoms with Crippen LogP contribution in [0, 0.1) is 0 Å². The first kappa shape index (κ1) is 10.1. The Balaban J connectivity index is 2.46. The fourth-order valence-electron chi connectivity index (χ4n) is 1.13. The fourth-order valence-corrected chi connectivity index (χ4v) is 1.66. The van der Waals surface area contributed by atoms with Crippen molar-refractivity contribution < 1.29 is 18.6 Å². The largest absolute Gasteiger partial charge is 0.389 e. The first-order chi connectivity index (χ1) is 5.61. The Morgan fingerprint density at radius 1 is 1.50 bits per heavy atom. The van der Waals surface area contributed by atoms with E-state index in [1.165, 1.54) is 6.26 Å². The normalized spacial score (nSPS) is 39.4. The summed E-state index contributed by atoms with van der Waals surface area (Å²) in [7, 11) is 0. The maximum absolute atomic E-state index is 10.6. The van der Waals surface area contributed by atoms with Gasteiger partial charge >= 0.3 is 0 Å². The number of hydrogen-bond acceptors (Lipinski definition) is 5. The molecule has 0 amide bonds. The first-order valence-corrected chi connectivity index (χ1v) is 5.17. The Hall–Kier alpha value is -0.0100. The van der Waals surface area contributed by atoms with E-state index < -0.39 is 29.4 Å². The summed E-state index contributed by atoms with van der Waals surface area (Å²) in [5, 5.41) is 21.4. The van der Waals surface area contributed by atoms with Gasteiger partial charge in [0.15, 0.2) is 11.1 Å². The molecule has 1 heterocycles. The molecule has 0 spiro atoms. The highest BCUT2D eigenvalue weighted by atomic mass is 32.2. The van der Waals surface area contributed by atoms with E-state index in [1.54, 1.807) is 0 Å². The third kappa shape index (κ3) is 2.49. The molecule has 4 atom stereocenters. The average molecular weight is 195 g/mol. The second kappa shape index (κ2) is 4.29. The molecule has 0 aliphatic carbocycles. The van der Waals surface area contributed by atoms with Crippen molar-refractivity contribution in [3.63, 3.8) is 0 Å². The predicted octanol–water partition coefficient (Wildman–Crippen LogP) is -2.01. The van der Waals surface area contributed by atoms with Gasteiger partial charge in [-0.3, -0.25) is 4.18 Å². The van der Waals surface area contributed by atoms with Gasteiger partial charge in [0.25, 0.3) is 0 Å². The van der Waals surface area contributed by atoms with Gasteiger partial charge in [-0.25, -0.2) is 4.21 Å². The SMILES string of the molecule is CS(=O)O[C@@H]1CNC[C@H](O)[C@@H]1O. The van der Waals surface area contributed by atoms with Gasteiger partial charge < -0.3 is 15.5 Å². The van der Waals surface area contributed by atoms with E-state index in [4.69, 9.17) is 9.29 Å². The summed E-state index contributed by atoms with van der Waals surface area (Å²) in [6.07, 6.45) is -0.990. The van der Waals surface area contributed by atoms with E-state index in [0.717, 1.165) is 0 Å². The molecule has 0 aromatic carbocycles. The van der Waals surface area contributed by atoms with E-state index in [0.29, 0.717) is 13.1 Å². The third-order valence-electron chi connectivity index (χ3n) is 1.73. The van der Waals surface area contributed by atoms with Crippen molar-refractivity contribution >= 4 is 11.1 Å². The summed E-state index contributed by atoms with van der Waals surface area (Å²) < 4.78 is 15.5. The third-order valence-corrected chi connectivity index (χ3v) is 2.25. The molecule has 72 valence electrons. The molecule has 6 heteroatoms. The highest BCUT2D eigenvalue weighted by molar-refractivity contribution is 7.79. The zero-order valence-corrected chi connectivity index (χ0v) is 7.58. The summed E-state index contributed by atoms with van der Waals surface area (Å²) in [5.74, 6) is 0. The number of aliphatic hydroxyl groups excluding tert-OH is 2. The van der Waals surface area contributed by atoms with E-state index >= 15 is 0 Å². The fraction of sp³-hybridized carbons (Fsp3) is 1.00. The lowest BCUT2D eigenvalue weighted by atomic mass is 10.0. The molecule has 1 aliphatic rings. The molecule has 1 unspecified atom stereocenters. The van der Waals surface area contributed by atoms with Crippen molar-refractivity contribution in [1.82, 2.24) is 5.32 Å². The lowest BCUT2D eigenvalue weighted by Crippen LogP contribution is -2.54. The van der Waals surface area contributed by atoms with E-state index in [1.807, 2.05) is 0 Å². The minimum atomic E-state index is -1.41. The van der Waals surface area contributed by atoms with Gasteiger partial charge in [0.05, 0.1) is 6.10 Å². The zero-order chi connectivity index (χ0) is 9.14. The zero-order valence-electron chi connectivity index (χ0n) is 6.77. The Labute approximate surface area is 73.4 Å². The van der Waals surface area contributed by atoms with Gasteiger partial charge in [-0.1, -0.05) is 0 Å². The van der Waals surface area contributed by atoms with Gasteiger partial charge in [0.1, 0.15) is 12.2 Å². The molecule has 1 fully saturated rings. The Morgan fingerprint density at radius 2 is 2.17 bits per heavy atom. The van der Waals surface area contributed by atoms with Crippen LogP contribution < -0.4 is 5.32 Å². The van der Waals surface area contributed by atoms with Crippen LogP contribution in [0.3, 0.4) is 0 Å². The van der Waals surface area contributed by atoms with Crippen molar-refractivity contribution in [1.29, 1.82) is 0 Å². The van der Waals surface area contributed by atoms with Crippen molar-refractivity contribution in [3.8, 4) is 0 Å². The maximum atomic E-state index is 10.6. The van der Waals surface area contributed by atoms with Crippen LogP contribution in [0.25, 0.3) is 0 Å². The molecule has 1 aliphatic heterocycles.